The van der Waals surface area contributed by atoms with Crippen LogP contribution in [-0.2, 0) is 0 Å². The molecule has 1 fully saturated rings. The van der Waals surface area contributed by atoms with Crippen LogP contribution in [0.25, 0.3) is 0 Å². The molecule has 0 aliphatic heterocycles. The maximum Gasteiger partial charge on any atom is 0.126 e. The second-order valence-electron chi connectivity index (χ2n) is 5.14. The van der Waals surface area contributed by atoms with Crippen LogP contribution in [0, 0.1) is 17.6 Å². The second kappa shape index (κ2) is 5.76. The molecule has 0 radical (unpaired) electrons. The molecule has 0 bridgehead atoms. The Morgan fingerprint density at radius 2 is 1.83 bits per heavy atom. The molecule has 18 heavy (non-hydrogen) atoms. The summed E-state index contributed by atoms with van der Waals surface area (Å²) in [6.45, 7) is 0.191. The Labute approximate surface area is 106 Å². The topological polar surface area (TPSA) is 46.2 Å². The van der Waals surface area contributed by atoms with Crippen molar-refractivity contribution in [3.63, 3.8) is 0 Å². The standard InChI is InChI=1S/C14H19F2NO/c15-11-5-10(6-12(16)7-11)13(8-17)14(18)4-9-2-1-3-9/h5-7,9,13-14,18H,1-4,8,17H2. The molecular formula is C14H19F2NO. The van der Waals surface area contributed by atoms with E-state index in [9.17, 15) is 13.9 Å². The highest BCUT2D eigenvalue weighted by molar-refractivity contribution is 5.23. The molecule has 2 atom stereocenters. The van der Waals surface area contributed by atoms with E-state index in [0.717, 1.165) is 18.9 Å². The third-order valence-corrected chi connectivity index (χ3v) is 3.83. The predicted octanol–water partition coefficient (Wildman–Crippen LogP) is 2.56. The van der Waals surface area contributed by atoms with Gasteiger partial charge in [0.15, 0.2) is 0 Å². The summed E-state index contributed by atoms with van der Waals surface area (Å²) in [4.78, 5) is 0. The minimum absolute atomic E-state index is 0.191. The molecule has 1 aliphatic carbocycles. The number of hydrogen-bond donors (Lipinski definition) is 2. The lowest BCUT2D eigenvalue weighted by atomic mass is 9.78. The Balaban J connectivity index is 2.10. The van der Waals surface area contributed by atoms with Crippen LogP contribution in [0.15, 0.2) is 18.2 Å². The molecule has 4 heteroatoms. The average molecular weight is 255 g/mol. The lowest BCUT2D eigenvalue weighted by Gasteiger charge is -2.31. The number of halogens is 2. The molecule has 100 valence electrons. The largest absolute Gasteiger partial charge is 0.392 e. The number of rotatable bonds is 5. The molecule has 2 unspecified atom stereocenters. The van der Waals surface area contributed by atoms with Crippen molar-refractivity contribution in [1.82, 2.24) is 0 Å². The second-order valence-corrected chi connectivity index (χ2v) is 5.14. The minimum Gasteiger partial charge on any atom is -0.392 e. The maximum atomic E-state index is 13.2. The highest BCUT2D eigenvalue weighted by Gasteiger charge is 2.27. The van der Waals surface area contributed by atoms with Crippen molar-refractivity contribution >= 4 is 0 Å². The zero-order chi connectivity index (χ0) is 13.1. The van der Waals surface area contributed by atoms with Crippen LogP contribution in [0.1, 0.15) is 37.2 Å². The molecule has 1 saturated carbocycles. The van der Waals surface area contributed by atoms with Crippen molar-refractivity contribution < 1.29 is 13.9 Å². The molecular weight excluding hydrogens is 236 g/mol. The van der Waals surface area contributed by atoms with Gasteiger partial charge in [0.2, 0.25) is 0 Å². The molecule has 3 N–H and O–H groups in total. The first-order valence-corrected chi connectivity index (χ1v) is 6.44. The average Bonchev–Trinajstić information content (AvgIpc) is 2.23. The summed E-state index contributed by atoms with van der Waals surface area (Å²) in [5, 5.41) is 10.2. The highest BCUT2D eigenvalue weighted by Crippen LogP contribution is 2.34. The van der Waals surface area contributed by atoms with Crippen LogP contribution < -0.4 is 5.73 Å². The van der Waals surface area contributed by atoms with Crippen LogP contribution in [0.5, 0.6) is 0 Å². The van der Waals surface area contributed by atoms with Gasteiger partial charge in [0.25, 0.3) is 0 Å². The van der Waals surface area contributed by atoms with Crippen molar-refractivity contribution in [3.05, 3.63) is 35.4 Å². The summed E-state index contributed by atoms with van der Waals surface area (Å²) in [7, 11) is 0. The third kappa shape index (κ3) is 3.06. The van der Waals surface area contributed by atoms with E-state index in [0.29, 0.717) is 17.9 Å². The number of hydrogen-bond acceptors (Lipinski definition) is 2. The molecule has 0 aromatic heterocycles. The van der Waals surface area contributed by atoms with Gasteiger partial charge in [-0.1, -0.05) is 19.3 Å². The molecule has 0 saturated heterocycles. The fourth-order valence-corrected chi connectivity index (χ4v) is 2.54. The normalized spacial score (nSPS) is 19.3. The van der Waals surface area contributed by atoms with Gasteiger partial charge in [0.05, 0.1) is 6.10 Å². The van der Waals surface area contributed by atoms with Gasteiger partial charge in [-0.3, -0.25) is 0 Å². The van der Waals surface area contributed by atoms with Gasteiger partial charge in [-0.05, 0) is 30.0 Å². The van der Waals surface area contributed by atoms with Gasteiger partial charge in [-0.15, -0.1) is 0 Å². The van der Waals surface area contributed by atoms with Crippen molar-refractivity contribution in [2.45, 2.75) is 37.7 Å². The maximum absolute atomic E-state index is 13.2. The SMILES string of the molecule is NCC(c1cc(F)cc(F)c1)C(O)CC1CCC1. The molecule has 2 rings (SSSR count). The zero-order valence-electron chi connectivity index (χ0n) is 10.3. The van der Waals surface area contributed by atoms with E-state index < -0.39 is 23.7 Å². The van der Waals surface area contributed by atoms with Gasteiger partial charge >= 0.3 is 0 Å². The molecule has 1 aromatic rings. The Morgan fingerprint density at radius 3 is 2.28 bits per heavy atom. The van der Waals surface area contributed by atoms with Crippen molar-refractivity contribution in [1.29, 1.82) is 0 Å². The van der Waals surface area contributed by atoms with E-state index in [1.807, 2.05) is 0 Å². The van der Waals surface area contributed by atoms with E-state index in [-0.39, 0.29) is 6.54 Å². The lowest BCUT2D eigenvalue weighted by molar-refractivity contribution is 0.0950. The number of aliphatic hydroxyl groups is 1. The van der Waals surface area contributed by atoms with Crippen molar-refractivity contribution in [2.75, 3.05) is 6.54 Å². The molecule has 1 aromatic carbocycles. The van der Waals surface area contributed by atoms with Crippen LogP contribution in [0.4, 0.5) is 8.78 Å². The number of aliphatic hydroxyl groups excluding tert-OH is 1. The number of benzene rings is 1. The van der Waals surface area contributed by atoms with Crippen LogP contribution in [-0.4, -0.2) is 17.8 Å². The summed E-state index contributed by atoms with van der Waals surface area (Å²) >= 11 is 0. The summed E-state index contributed by atoms with van der Waals surface area (Å²) in [5.41, 5.74) is 6.08. The molecule has 0 spiro atoms. The van der Waals surface area contributed by atoms with Crippen LogP contribution >= 0.6 is 0 Å². The van der Waals surface area contributed by atoms with Crippen LogP contribution in [0.2, 0.25) is 0 Å². The third-order valence-electron chi connectivity index (χ3n) is 3.83. The van der Waals surface area contributed by atoms with Gasteiger partial charge in [-0.25, -0.2) is 8.78 Å². The lowest BCUT2D eigenvalue weighted by Crippen LogP contribution is -2.29. The summed E-state index contributed by atoms with van der Waals surface area (Å²) in [6.07, 6.45) is 3.51. The first-order valence-electron chi connectivity index (χ1n) is 6.44. The first-order chi connectivity index (χ1) is 8.60. The summed E-state index contributed by atoms with van der Waals surface area (Å²) in [5.74, 6) is -1.11. The first kappa shape index (κ1) is 13.4. The fraction of sp³-hybridized carbons (Fsp3) is 0.571. The highest BCUT2D eigenvalue weighted by atomic mass is 19.1. The fourth-order valence-electron chi connectivity index (χ4n) is 2.54. The number of nitrogens with two attached hydrogens (primary N) is 1. The Hall–Kier alpha value is -1.00. The van der Waals surface area contributed by atoms with Gasteiger partial charge < -0.3 is 10.8 Å². The molecule has 0 heterocycles. The molecule has 0 amide bonds. The minimum atomic E-state index is -0.626. The van der Waals surface area contributed by atoms with Crippen LogP contribution in [0.3, 0.4) is 0 Å². The van der Waals surface area contributed by atoms with E-state index in [1.54, 1.807) is 0 Å². The molecule has 1 aliphatic rings. The zero-order valence-corrected chi connectivity index (χ0v) is 10.3. The summed E-state index contributed by atoms with van der Waals surface area (Å²) < 4.78 is 26.3. The van der Waals surface area contributed by atoms with E-state index in [1.165, 1.54) is 18.6 Å². The quantitative estimate of drug-likeness (QED) is 0.849. The Morgan fingerprint density at radius 1 is 1.22 bits per heavy atom. The summed E-state index contributed by atoms with van der Waals surface area (Å²) in [6, 6.07) is 3.34. The van der Waals surface area contributed by atoms with Crippen molar-refractivity contribution in [3.8, 4) is 0 Å². The van der Waals surface area contributed by atoms with Gasteiger partial charge in [-0.2, -0.15) is 0 Å². The van der Waals surface area contributed by atoms with E-state index >= 15 is 0 Å². The van der Waals surface area contributed by atoms with Crippen molar-refractivity contribution in [2.24, 2.45) is 11.7 Å². The monoisotopic (exact) mass is 255 g/mol. The molecule has 2 nitrogen and oxygen atoms in total. The predicted molar refractivity (Wildman–Crippen MR) is 66.1 cm³/mol. The smallest absolute Gasteiger partial charge is 0.126 e. The Kier molecular flexibility index (Phi) is 4.30. The van der Waals surface area contributed by atoms with E-state index in [2.05, 4.69) is 0 Å². The van der Waals surface area contributed by atoms with Gasteiger partial charge in [0.1, 0.15) is 11.6 Å². The van der Waals surface area contributed by atoms with E-state index in [4.69, 9.17) is 5.73 Å². The Bertz CT molecular complexity index is 387. The van der Waals surface area contributed by atoms with Gasteiger partial charge in [0, 0.05) is 18.5 Å².